The van der Waals surface area contributed by atoms with E-state index in [0.717, 1.165) is 45.7 Å². The Morgan fingerprint density at radius 2 is 1.85 bits per heavy atom. The molecule has 0 bridgehead atoms. The van der Waals surface area contributed by atoms with E-state index in [-0.39, 0.29) is 0 Å². The fourth-order valence-corrected chi connectivity index (χ4v) is 3.24. The number of nitrogens with zero attached hydrogens (tertiary/aromatic N) is 3. The Balaban J connectivity index is 1.47. The summed E-state index contributed by atoms with van der Waals surface area (Å²) in [5, 5.41) is 12.1. The number of hydrogen-bond acceptors (Lipinski definition) is 4. The fraction of sp³-hybridized carbons (Fsp3) is 0.0952. The lowest BCUT2D eigenvalue weighted by atomic mass is 10.1. The van der Waals surface area contributed by atoms with E-state index in [1.54, 1.807) is 12.4 Å². The van der Waals surface area contributed by atoms with Crippen molar-refractivity contribution in [3.05, 3.63) is 72.1 Å². The summed E-state index contributed by atoms with van der Waals surface area (Å²) in [6, 6.07) is 16.4. The molecule has 6 heteroatoms. The van der Waals surface area contributed by atoms with Crippen LogP contribution in [0.5, 0.6) is 0 Å². The molecule has 0 fully saturated rings. The van der Waals surface area contributed by atoms with E-state index in [4.69, 9.17) is 4.98 Å². The second-order valence-corrected chi connectivity index (χ2v) is 6.65. The second kappa shape index (κ2) is 6.25. The summed E-state index contributed by atoms with van der Waals surface area (Å²) in [4.78, 5) is 12.2. The van der Waals surface area contributed by atoms with E-state index in [1.165, 1.54) is 11.1 Å². The molecule has 27 heavy (non-hydrogen) atoms. The summed E-state index contributed by atoms with van der Waals surface area (Å²) in [5.41, 5.74) is 7.18. The average molecular weight is 354 g/mol. The van der Waals surface area contributed by atoms with Crippen LogP contribution in [0.3, 0.4) is 0 Å². The molecule has 6 nitrogen and oxygen atoms in total. The maximum absolute atomic E-state index is 4.72. The van der Waals surface area contributed by atoms with Crippen molar-refractivity contribution in [3.63, 3.8) is 0 Å². The summed E-state index contributed by atoms with van der Waals surface area (Å²) in [5.74, 6) is 0.771. The van der Waals surface area contributed by atoms with E-state index in [1.807, 2.05) is 30.3 Å². The summed E-state index contributed by atoms with van der Waals surface area (Å²) < 4.78 is 0. The van der Waals surface area contributed by atoms with Crippen LogP contribution in [0.1, 0.15) is 11.1 Å². The van der Waals surface area contributed by atoms with Crippen molar-refractivity contribution in [3.8, 4) is 11.5 Å². The lowest BCUT2D eigenvalue weighted by Crippen LogP contribution is -1.98. The number of rotatable bonds is 4. The van der Waals surface area contributed by atoms with Crippen LogP contribution in [0, 0.1) is 6.92 Å². The van der Waals surface area contributed by atoms with Gasteiger partial charge in [-0.2, -0.15) is 5.10 Å². The van der Waals surface area contributed by atoms with E-state index in [0.29, 0.717) is 0 Å². The molecule has 0 aliphatic heterocycles. The van der Waals surface area contributed by atoms with Gasteiger partial charge in [0.05, 0.1) is 16.6 Å². The first kappa shape index (κ1) is 15.6. The number of aromatic nitrogens is 5. The molecule has 5 rings (SSSR count). The maximum atomic E-state index is 4.72. The Labute approximate surface area is 155 Å². The highest BCUT2D eigenvalue weighted by molar-refractivity contribution is 5.93. The third kappa shape index (κ3) is 2.91. The summed E-state index contributed by atoms with van der Waals surface area (Å²) in [6.07, 6.45) is 3.61. The molecule has 0 atom stereocenters. The normalized spacial score (nSPS) is 11.3. The van der Waals surface area contributed by atoms with Crippen LogP contribution in [0.4, 0.5) is 5.69 Å². The molecule has 3 aromatic heterocycles. The van der Waals surface area contributed by atoms with E-state index < -0.39 is 0 Å². The third-order valence-electron chi connectivity index (χ3n) is 4.67. The van der Waals surface area contributed by atoms with Gasteiger partial charge in [-0.25, -0.2) is 4.98 Å². The minimum absolute atomic E-state index is 0.748. The van der Waals surface area contributed by atoms with Crippen molar-refractivity contribution >= 4 is 27.6 Å². The third-order valence-corrected chi connectivity index (χ3v) is 4.67. The number of hydrogen-bond donors (Lipinski definition) is 3. The molecular formula is C21H18N6. The molecule has 3 heterocycles. The largest absolute Gasteiger partial charge is 0.381 e. The summed E-state index contributed by atoms with van der Waals surface area (Å²) >= 11 is 0. The number of benzene rings is 2. The molecule has 0 saturated carbocycles. The van der Waals surface area contributed by atoms with Crippen molar-refractivity contribution < 1.29 is 0 Å². The first-order valence-electron chi connectivity index (χ1n) is 8.84. The van der Waals surface area contributed by atoms with Gasteiger partial charge in [-0.05, 0) is 55.0 Å². The number of H-pyrrole nitrogens is 2. The highest BCUT2D eigenvalue weighted by Gasteiger charge is 2.13. The Bertz CT molecular complexity index is 1240. The molecule has 0 aliphatic carbocycles. The van der Waals surface area contributed by atoms with E-state index in [2.05, 4.69) is 50.6 Å². The molecule has 0 spiro atoms. The zero-order valence-electron chi connectivity index (χ0n) is 14.8. The number of imidazole rings is 1. The zero-order valence-corrected chi connectivity index (χ0v) is 14.8. The topological polar surface area (TPSA) is 82.3 Å². The van der Waals surface area contributed by atoms with Crippen LogP contribution >= 0.6 is 0 Å². The van der Waals surface area contributed by atoms with Crippen LogP contribution in [-0.4, -0.2) is 25.1 Å². The smallest absolute Gasteiger partial charge is 0.159 e. The SMILES string of the molecule is Cc1ccc2[nH]nc(-c3nc4ccc(NCc5ccncc5)cc4[nH]3)c2c1. The highest BCUT2D eigenvalue weighted by atomic mass is 15.1. The van der Waals surface area contributed by atoms with Gasteiger partial charge in [0.15, 0.2) is 5.82 Å². The van der Waals surface area contributed by atoms with Crippen LogP contribution in [0.15, 0.2) is 60.9 Å². The second-order valence-electron chi connectivity index (χ2n) is 6.65. The minimum Gasteiger partial charge on any atom is -0.381 e. The molecule has 132 valence electrons. The number of anilines is 1. The number of fused-ring (bicyclic) bond motifs is 2. The molecule has 0 unspecified atom stereocenters. The Morgan fingerprint density at radius 3 is 2.74 bits per heavy atom. The summed E-state index contributed by atoms with van der Waals surface area (Å²) in [7, 11) is 0. The lowest BCUT2D eigenvalue weighted by molar-refractivity contribution is 1.11. The minimum atomic E-state index is 0.748. The number of pyridine rings is 1. The van der Waals surface area contributed by atoms with Crippen LogP contribution in [0.25, 0.3) is 33.5 Å². The quantitative estimate of drug-likeness (QED) is 0.446. The Morgan fingerprint density at radius 1 is 0.963 bits per heavy atom. The van der Waals surface area contributed by atoms with Gasteiger partial charge in [0.25, 0.3) is 0 Å². The van der Waals surface area contributed by atoms with Gasteiger partial charge in [0.2, 0.25) is 0 Å². The molecular weight excluding hydrogens is 336 g/mol. The van der Waals surface area contributed by atoms with Crippen LogP contribution in [-0.2, 0) is 6.54 Å². The van der Waals surface area contributed by atoms with E-state index in [9.17, 15) is 0 Å². The molecule has 2 aromatic carbocycles. The monoisotopic (exact) mass is 354 g/mol. The Hall–Kier alpha value is -3.67. The van der Waals surface area contributed by atoms with Gasteiger partial charge in [0.1, 0.15) is 5.69 Å². The molecule has 5 aromatic rings. The molecule has 3 N–H and O–H groups in total. The standard InChI is InChI=1S/C21H18N6/c1-13-2-4-17-16(10-13)20(27-26-17)21-24-18-5-3-15(11-19(18)25-21)23-12-14-6-8-22-9-7-14/h2-11,23H,12H2,1H3,(H,24,25)(H,26,27). The van der Waals surface area contributed by atoms with Crippen molar-refractivity contribution in [1.29, 1.82) is 0 Å². The molecule has 0 radical (unpaired) electrons. The van der Waals surface area contributed by atoms with E-state index >= 15 is 0 Å². The fourth-order valence-electron chi connectivity index (χ4n) is 3.24. The number of nitrogens with one attached hydrogen (secondary N) is 3. The number of aromatic amines is 2. The molecule has 0 amide bonds. The number of aryl methyl sites for hydroxylation is 1. The van der Waals surface area contributed by atoms with Crippen molar-refractivity contribution in [2.45, 2.75) is 13.5 Å². The van der Waals surface area contributed by atoms with Crippen LogP contribution < -0.4 is 5.32 Å². The molecule has 0 aliphatic rings. The first-order chi connectivity index (χ1) is 13.3. The van der Waals surface area contributed by atoms with Crippen LogP contribution in [0.2, 0.25) is 0 Å². The van der Waals surface area contributed by atoms with Gasteiger partial charge in [-0.3, -0.25) is 10.1 Å². The Kier molecular flexibility index (Phi) is 3.60. The average Bonchev–Trinajstić information content (AvgIpc) is 3.30. The van der Waals surface area contributed by atoms with Crippen molar-refractivity contribution in [2.75, 3.05) is 5.32 Å². The first-order valence-corrected chi connectivity index (χ1v) is 8.84. The lowest BCUT2D eigenvalue weighted by Gasteiger charge is -2.05. The van der Waals surface area contributed by atoms with Crippen molar-refractivity contribution in [2.24, 2.45) is 0 Å². The van der Waals surface area contributed by atoms with Gasteiger partial charge in [-0.15, -0.1) is 0 Å². The van der Waals surface area contributed by atoms with Gasteiger partial charge < -0.3 is 10.3 Å². The van der Waals surface area contributed by atoms with Gasteiger partial charge >= 0.3 is 0 Å². The predicted molar refractivity (Wildman–Crippen MR) is 107 cm³/mol. The van der Waals surface area contributed by atoms with Crippen molar-refractivity contribution in [1.82, 2.24) is 25.1 Å². The predicted octanol–water partition coefficient (Wildman–Crippen LogP) is 4.42. The summed E-state index contributed by atoms with van der Waals surface area (Å²) in [6.45, 7) is 2.83. The zero-order chi connectivity index (χ0) is 18.2. The maximum Gasteiger partial charge on any atom is 0.159 e. The van der Waals surface area contributed by atoms with Gasteiger partial charge in [-0.1, -0.05) is 11.6 Å². The molecule has 0 saturated heterocycles. The van der Waals surface area contributed by atoms with Gasteiger partial charge in [0, 0.05) is 30.0 Å². The highest BCUT2D eigenvalue weighted by Crippen LogP contribution is 2.27.